The Morgan fingerprint density at radius 2 is 1.91 bits per heavy atom. The topological polar surface area (TPSA) is 48.9 Å². The van der Waals surface area contributed by atoms with Crippen molar-refractivity contribution >= 4 is 11.0 Å². The van der Waals surface area contributed by atoms with Crippen molar-refractivity contribution in [3.05, 3.63) is 29.8 Å². The highest BCUT2D eigenvalue weighted by Crippen LogP contribution is 2.70. The van der Waals surface area contributed by atoms with E-state index in [0.717, 1.165) is 36.1 Å². The SMILES string of the molecule is CC[C@H]1CC[C@H]2[C@@H]3CC[C@@H]4CCCC(O)(c5nc6ccc(F)cc6[nH]5)[C@]4(C)[C@H]3CC[C@]12C. The maximum absolute atomic E-state index is 13.9. The molecule has 4 heteroatoms. The van der Waals surface area contributed by atoms with E-state index in [9.17, 15) is 9.50 Å². The molecule has 3 nitrogen and oxygen atoms in total. The zero-order valence-electron chi connectivity index (χ0n) is 20.0. The predicted molar refractivity (Wildman–Crippen MR) is 125 cm³/mol. The summed E-state index contributed by atoms with van der Waals surface area (Å²) in [6.45, 7) is 7.37. The molecule has 4 saturated carbocycles. The van der Waals surface area contributed by atoms with E-state index >= 15 is 0 Å². The van der Waals surface area contributed by atoms with E-state index in [1.807, 2.05) is 0 Å². The highest BCUT2D eigenvalue weighted by molar-refractivity contribution is 5.75. The molecular formula is C28H39FN2O. The van der Waals surface area contributed by atoms with Gasteiger partial charge in [0.2, 0.25) is 0 Å². The first-order chi connectivity index (χ1) is 15.3. The number of H-pyrrole nitrogens is 1. The molecule has 0 aliphatic heterocycles. The van der Waals surface area contributed by atoms with Gasteiger partial charge in [-0.25, -0.2) is 9.37 Å². The number of hydrogen-bond donors (Lipinski definition) is 2. The van der Waals surface area contributed by atoms with Crippen LogP contribution in [0.3, 0.4) is 0 Å². The first kappa shape index (κ1) is 21.1. The number of aromatic amines is 1. The van der Waals surface area contributed by atoms with E-state index in [1.54, 1.807) is 6.07 Å². The van der Waals surface area contributed by atoms with Crippen LogP contribution < -0.4 is 0 Å². The third kappa shape index (κ3) is 2.59. The molecule has 8 atom stereocenters. The summed E-state index contributed by atoms with van der Waals surface area (Å²) in [4.78, 5) is 8.23. The molecule has 32 heavy (non-hydrogen) atoms. The number of rotatable bonds is 2. The zero-order chi connectivity index (χ0) is 22.3. The van der Waals surface area contributed by atoms with Crippen molar-refractivity contribution in [3.63, 3.8) is 0 Å². The lowest BCUT2D eigenvalue weighted by molar-refractivity contribution is -0.225. The minimum Gasteiger partial charge on any atom is -0.381 e. The summed E-state index contributed by atoms with van der Waals surface area (Å²) in [6, 6.07) is 4.71. The first-order valence-electron chi connectivity index (χ1n) is 13.2. The number of aromatic nitrogens is 2. The predicted octanol–water partition coefficient (Wildman–Crippen LogP) is 6.96. The molecular weight excluding hydrogens is 399 g/mol. The number of hydrogen-bond acceptors (Lipinski definition) is 2. The van der Waals surface area contributed by atoms with Crippen LogP contribution in [0, 0.1) is 46.2 Å². The summed E-state index contributed by atoms with van der Waals surface area (Å²) in [5, 5.41) is 12.5. The lowest BCUT2D eigenvalue weighted by Gasteiger charge is -2.64. The van der Waals surface area contributed by atoms with E-state index in [-0.39, 0.29) is 11.2 Å². The summed E-state index contributed by atoms with van der Waals surface area (Å²) in [5.74, 6) is 3.90. The van der Waals surface area contributed by atoms with Crippen molar-refractivity contribution in [1.29, 1.82) is 0 Å². The molecule has 0 spiro atoms. The molecule has 4 aliphatic carbocycles. The Hall–Kier alpha value is -1.42. The minimum absolute atomic E-state index is 0.174. The monoisotopic (exact) mass is 438 g/mol. The molecule has 1 aromatic heterocycles. The van der Waals surface area contributed by atoms with Crippen molar-refractivity contribution < 1.29 is 9.50 Å². The Bertz CT molecular complexity index is 1030. The highest BCUT2D eigenvalue weighted by Gasteiger charge is 2.66. The van der Waals surface area contributed by atoms with Gasteiger partial charge in [0.15, 0.2) is 0 Å². The number of benzene rings is 1. The molecule has 1 heterocycles. The van der Waals surface area contributed by atoms with Gasteiger partial charge in [-0.3, -0.25) is 0 Å². The Morgan fingerprint density at radius 1 is 1.06 bits per heavy atom. The van der Waals surface area contributed by atoms with E-state index in [4.69, 9.17) is 4.98 Å². The van der Waals surface area contributed by atoms with Gasteiger partial charge in [-0.1, -0.05) is 27.2 Å². The average Bonchev–Trinajstić information content (AvgIpc) is 3.35. The van der Waals surface area contributed by atoms with Gasteiger partial charge >= 0.3 is 0 Å². The van der Waals surface area contributed by atoms with Crippen LogP contribution in [-0.2, 0) is 5.60 Å². The van der Waals surface area contributed by atoms with Crippen LogP contribution in [0.25, 0.3) is 11.0 Å². The smallest absolute Gasteiger partial charge is 0.139 e. The molecule has 0 amide bonds. The largest absolute Gasteiger partial charge is 0.381 e. The molecule has 6 rings (SSSR count). The normalized spacial score (nSPS) is 46.0. The molecule has 0 saturated heterocycles. The van der Waals surface area contributed by atoms with Crippen LogP contribution >= 0.6 is 0 Å². The van der Waals surface area contributed by atoms with Gasteiger partial charge in [-0.15, -0.1) is 0 Å². The molecule has 1 aromatic carbocycles. The van der Waals surface area contributed by atoms with Gasteiger partial charge < -0.3 is 10.1 Å². The third-order valence-corrected chi connectivity index (χ3v) is 11.4. The molecule has 4 fully saturated rings. The van der Waals surface area contributed by atoms with E-state index < -0.39 is 5.60 Å². The third-order valence-electron chi connectivity index (χ3n) is 11.4. The fourth-order valence-corrected chi connectivity index (χ4v) is 9.72. The Labute approximate surface area is 191 Å². The van der Waals surface area contributed by atoms with Crippen molar-refractivity contribution in [1.82, 2.24) is 9.97 Å². The van der Waals surface area contributed by atoms with Crippen LogP contribution in [-0.4, -0.2) is 15.1 Å². The molecule has 174 valence electrons. The van der Waals surface area contributed by atoms with Crippen molar-refractivity contribution in [3.8, 4) is 0 Å². The number of fused-ring (bicyclic) bond motifs is 6. The summed E-state index contributed by atoms with van der Waals surface area (Å²) < 4.78 is 13.9. The van der Waals surface area contributed by atoms with E-state index in [2.05, 4.69) is 25.8 Å². The van der Waals surface area contributed by atoms with E-state index in [0.29, 0.717) is 28.6 Å². The van der Waals surface area contributed by atoms with Gasteiger partial charge in [0.25, 0.3) is 0 Å². The lowest BCUT2D eigenvalue weighted by Crippen LogP contribution is -2.62. The van der Waals surface area contributed by atoms with Crippen LogP contribution in [0.5, 0.6) is 0 Å². The second-order valence-corrected chi connectivity index (χ2v) is 12.2. The number of nitrogens with one attached hydrogen (secondary N) is 1. The van der Waals surface area contributed by atoms with Crippen molar-refractivity contribution in [2.24, 2.45) is 40.4 Å². The second kappa shape index (κ2) is 7.04. The molecule has 2 aromatic rings. The highest BCUT2D eigenvalue weighted by atomic mass is 19.1. The molecule has 1 unspecified atom stereocenters. The molecule has 4 aliphatic rings. The minimum atomic E-state index is -0.967. The molecule has 2 N–H and O–H groups in total. The summed E-state index contributed by atoms with van der Waals surface area (Å²) >= 11 is 0. The molecule has 0 bridgehead atoms. The summed E-state index contributed by atoms with van der Waals surface area (Å²) in [5.41, 5.74) is 0.801. The first-order valence-corrected chi connectivity index (χ1v) is 13.2. The molecule has 0 radical (unpaired) electrons. The summed E-state index contributed by atoms with van der Waals surface area (Å²) in [6.07, 6.45) is 12.2. The number of aliphatic hydroxyl groups is 1. The van der Waals surface area contributed by atoms with Gasteiger partial charge in [-0.2, -0.15) is 0 Å². The quantitative estimate of drug-likeness (QED) is 0.532. The number of imidazole rings is 1. The van der Waals surface area contributed by atoms with Gasteiger partial charge in [0.05, 0.1) is 11.0 Å². The van der Waals surface area contributed by atoms with Gasteiger partial charge in [-0.05, 0) is 111 Å². The number of halogens is 1. The fourth-order valence-electron chi connectivity index (χ4n) is 9.72. The Morgan fingerprint density at radius 3 is 2.72 bits per heavy atom. The number of nitrogens with zero attached hydrogens (tertiary/aromatic N) is 1. The standard InChI is InChI=1S/C28H39FN2O/c1-4-17-8-11-21-20-10-7-18-6-5-14-28(32,27(18,3)22(20)13-15-26(17,21)2)25-30-23-12-9-19(29)16-24(23)31-25/h9,12,16-18,20-22,32H,4-8,10-11,13-15H2,1-3H3,(H,30,31)/t17-,18-,20-,21-,22-,26+,27-,28?/m0/s1. The van der Waals surface area contributed by atoms with Crippen LogP contribution in [0.15, 0.2) is 18.2 Å². The van der Waals surface area contributed by atoms with Crippen LogP contribution in [0.2, 0.25) is 0 Å². The summed E-state index contributed by atoms with van der Waals surface area (Å²) in [7, 11) is 0. The Kier molecular flexibility index (Phi) is 4.65. The zero-order valence-corrected chi connectivity index (χ0v) is 20.0. The lowest BCUT2D eigenvalue weighted by atomic mass is 9.41. The van der Waals surface area contributed by atoms with Crippen LogP contribution in [0.1, 0.15) is 90.8 Å². The second-order valence-electron chi connectivity index (χ2n) is 12.2. The van der Waals surface area contributed by atoms with Crippen molar-refractivity contribution in [2.75, 3.05) is 0 Å². The average molecular weight is 439 g/mol. The van der Waals surface area contributed by atoms with Crippen LogP contribution in [0.4, 0.5) is 4.39 Å². The van der Waals surface area contributed by atoms with Gasteiger partial charge in [0, 0.05) is 5.41 Å². The van der Waals surface area contributed by atoms with Crippen molar-refractivity contribution in [2.45, 2.75) is 90.6 Å². The van der Waals surface area contributed by atoms with Gasteiger partial charge in [0.1, 0.15) is 17.2 Å². The Balaban J connectivity index is 1.43. The maximum atomic E-state index is 13.9. The fraction of sp³-hybridized carbons (Fsp3) is 0.750. The maximum Gasteiger partial charge on any atom is 0.139 e. The van der Waals surface area contributed by atoms with E-state index in [1.165, 1.54) is 63.5 Å².